The van der Waals surface area contributed by atoms with Crippen LogP contribution in [0.3, 0.4) is 0 Å². The van der Waals surface area contributed by atoms with Crippen molar-refractivity contribution in [2.75, 3.05) is 18.8 Å². The zero-order valence-corrected chi connectivity index (χ0v) is 7.75. The predicted octanol–water partition coefficient (Wildman–Crippen LogP) is 0.444. The molecule has 1 aromatic heterocycles. The summed E-state index contributed by atoms with van der Waals surface area (Å²) in [6, 6.07) is 0. The van der Waals surface area contributed by atoms with Gasteiger partial charge in [0, 0.05) is 24.4 Å². The molecule has 0 radical (unpaired) electrons. The molecule has 1 unspecified atom stereocenters. The van der Waals surface area contributed by atoms with E-state index in [0.717, 1.165) is 18.8 Å². The van der Waals surface area contributed by atoms with Crippen LogP contribution in [0, 0.1) is 6.92 Å². The van der Waals surface area contributed by atoms with Crippen LogP contribution < -0.4 is 11.1 Å². The minimum atomic E-state index is 0.368. The number of nitrogens with zero attached hydrogens (tertiary/aromatic N) is 2. The highest BCUT2D eigenvalue weighted by atomic mass is 15.0. The van der Waals surface area contributed by atoms with Crippen molar-refractivity contribution in [1.82, 2.24) is 15.3 Å². The molecular weight excluding hydrogens is 164 g/mol. The Balaban J connectivity index is 2.29. The van der Waals surface area contributed by atoms with Gasteiger partial charge in [-0.15, -0.1) is 0 Å². The maximum Gasteiger partial charge on any atom is 0.220 e. The lowest BCUT2D eigenvalue weighted by Crippen LogP contribution is -2.10. The van der Waals surface area contributed by atoms with E-state index >= 15 is 0 Å². The molecule has 0 aromatic carbocycles. The van der Waals surface area contributed by atoms with Crippen molar-refractivity contribution in [1.29, 1.82) is 0 Å². The van der Waals surface area contributed by atoms with Crippen molar-refractivity contribution in [3.8, 4) is 0 Å². The van der Waals surface area contributed by atoms with Gasteiger partial charge in [0.25, 0.3) is 0 Å². The summed E-state index contributed by atoms with van der Waals surface area (Å²) < 4.78 is 0. The highest BCUT2D eigenvalue weighted by Gasteiger charge is 2.19. The third-order valence-electron chi connectivity index (χ3n) is 2.54. The van der Waals surface area contributed by atoms with E-state index in [4.69, 9.17) is 5.73 Å². The van der Waals surface area contributed by atoms with Crippen molar-refractivity contribution in [3.05, 3.63) is 17.5 Å². The Hall–Kier alpha value is -1.16. The van der Waals surface area contributed by atoms with Gasteiger partial charge in [-0.25, -0.2) is 9.97 Å². The number of nitrogens with one attached hydrogen (secondary N) is 1. The Bertz CT molecular complexity index is 304. The second-order valence-electron chi connectivity index (χ2n) is 3.46. The average molecular weight is 178 g/mol. The van der Waals surface area contributed by atoms with Crippen LogP contribution in [0.15, 0.2) is 6.20 Å². The van der Waals surface area contributed by atoms with Gasteiger partial charge in [0.05, 0.1) is 0 Å². The summed E-state index contributed by atoms with van der Waals surface area (Å²) in [6.07, 6.45) is 3.03. The standard InChI is InChI=1S/C9H14N4/c1-6-8(5-12-9(10)13-6)7-2-3-11-4-7/h5,7,11H,2-4H2,1H3,(H2,10,12,13). The number of hydrogen-bond acceptors (Lipinski definition) is 4. The van der Waals surface area contributed by atoms with E-state index in [1.54, 1.807) is 0 Å². The summed E-state index contributed by atoms with van der Waals surface area (Å²) in [5, 5.41) is 3.33. The molecule has 0 spiro atoms. The molecule has 0 aliphatic carbocycles. The molecule has 1 aliphatic heterocycles. The molecule has 4 heteroatoms. The molecule has 0 bridgehead atoms. The first-order valence-electron chi connectivity index (χ1n) is 4.57. The van der Waals surface area contributed by atoms with E-state index in [1.807, 2.05) is 13.1 Å². The van der Waals surface area contributed by atoms with Crippen LogP contribution in [0.25, 0.3) is 0 Å². The van der Waals surface area contributed by atoms with Crippen LogP contribution in [0.1, 0.15) is 23.6 Å². The molecular formula is C9H14N4. The van der Waals surface area contributed by atoms with E-state index in [9.17, 15) is 0 Å². The van der Waals surface area contributed by atoms with E-state index in [1.165, 1.54) is 12.0 Å². The maximum atomic E-state index is 5.49. The summed E-state index contributed by atoms with van der Waals surface area (Å²) in [5.74, 6) is 0.938. The fraction of sp³-hybridized carbons (Fsp3) is 0.556. The largest absolute Gasteiger partial charge is 0.368 e. The Labute approximate surface area is 77.6 Å². The van der Waals surface area contributed by atoms with Crippen molar-refractivity contribution >= 4 is 5.95 Å². The monoisotopic (exact) mass is 178 g/mol. The van der Waals surface area contributed by atoms with E-state index < -0.39 is 0 Å². The lowest BCUT2D eigenvalue weighted by Gasteiger charge is -2.10. The fourth-order valence-corrected chi connectivity index (χ4v) is 1.82. The van der Waals surface area contributed by atoms with Gasteiger partial charge in [0.2, 0.25) is 5.95 Å². The quantitative estimate of drug-likeness (QED) is 0.655. The molecule has 70 valence electrons. The minimum Gasteiger partial charge on any atom is -0.368 e. The van der Waals surface area contributed by atoms with Gasteiger partial charge in [-0.2, -0.15) is 0 Å². The Morgan fingerprint density at radius 1 is 1.62 bits per heavy atom. The Morgan fingerprint density at radius 2 is 2.46 bits per heavy atom. The molecule has 1 aromatic rings. The Morgan fingerprint density at radius 3 is 3.08 bits per heavy atom. The predicted molar refractivity (Wildman–Crippen MR) is 51.4 cm³/mol. The number of nitrogens with two attached hydrogens (primary N) is 1. The number of aromatic nitrogens is 2. The average Bonchev–Trinajstić information content (AvgIpc) is 2.56. The van der Waals surface area contributed by atoms with Gasteiger partial charge in [0.15, 0.2) is 0 Å². The topological polar surface area (TPSA) is 63.8 Å². The van der Waals surface area contributed by atoms with Crippen molar-refractivity contribution < 1.29 is 0 Å². The first-order valence-corrected chi connectivity index (χ1v) is 4.57. The van der Waals surface area contributed by atoms with Gasteiger partial charge in [0.1, 0.15) is 0 Å². The molecule has 4 nitrogen and oxygen atoms in total. The van der Waals surface area contributed by atoms with Gasteiger partial charge in [-0.3, -0.25) is 0 Å². The lowest BCUT2D eigenvalue weighted by atomic mass is 9.99. The molecule has 13 heavy (non-hydrogen) atoms. The normalized spacial score (nSPS) is 22.1. The molecule has 0 amide bonds. The van der Waals surface area contributed by atoms with Crippen molar-refractivity contribution in [3.63, 3.8) is 0 Å². The zero-order chi connectivity index (χ0) is 9.26. The van der Waals surface area contributed by atoms with Crippen LogP contribution in [0.2, 0.25) is 0 Å². The van der Waals surface area contributed by atoms with Crippen molar-refractivity contribution in [2.24, 2.45) is 0 Å². The molecule has 1 atom stereocenters. The second kappa shape index (κ2) is 3.30. The molecule has 1 fully saturated rings. The number of hydrogen-bond donors (Lipinski definition) is 2. The number of anilines is 1. The van der Waals surface area contributed by atoms with Gasteiger partial charge in [-0.1, -0.05) is 0 Å². The highest BCUT2D eigenvalue weighted by molar-refractivity contribution is 5.27. The van der Waals surface area contributed by atoms with Crippen LogP contribution in [-0.2, 0) is 0 Å². The number of aryl methyl sites for hydroxylation is 1. The molecule has 1 aliphatic rings. The van der Waals surface area contributed by atoms with Crippen molar-refractivity contribution in [2.45, 2.75) is 19.3 Å². The third kappa shape index (κ3) is 1.62. The van der Waals surface area contributed by atoms with Crippen LogP contribution in [0.4, 0.5) is 5.95 Å². The fourth-order valence-electron chi connectivity index (χ4n) is 1.82. The number of nitrogen functional groups attached to an aromatic ring is 1. The van der Waals surface area contributed by atoms with Crippen LogP contribution in [0.5, 0.6) is 0 Å². The van der Waals surface area contributed by atoms with E-state index in [0.29, 0.717) is 11.9 Å². The summed E-state index contributed by atoms with van der Waals surface area (Å²) in [4.78, 5) is 8.18. The molecule has 0 saturated carbocycles. The van der Waals surface area contributed by atoms with Gasteiger partial charge >= 0.3 is 0 Å². The lowest BCUT2D eigenvalue weighted by molar-refractivity contribution is 0.744. The minimum absolute atomic E-state index is 0.368. The van der Waals surface area contributed by atoms with Gasteiger partial charge in [-0.05, 0) is 25.5 Å². The van der Waals surface area contributed by atoms with Gasteiger partial charge < -0.3 is 11.1 Å². The highest BCUT2D eigenvalue weighted by Crippen LogP contribution is 2.23. The third-order valence-corrected chi connectivity index (χ3v) is 2.54. The van der Waals surface area contributed by atoms with Crippen LogP contribution >= 0.6 is 0 Å². The zero-order valence-electron chi connectivity index (χ0n) is 7.75. The summed E-state index contributed by atoms with van der Waals surface area (Å²) in [5.41, 5.74) is 7.74. The van der Waals surface area contributed by atoms with E-state index in [2.05, 4.69) is 15.3 Å². The molecule has 2 heterocycles. The summed E-state index contributed by atoms with van der Waals surface area (Å²) in [7, 11) is 0. The number of rotatable bonds is 1. The smallest absolute Gasteiger partial charge is 0.220 e. The van der Waals surface area contributed by atoms with E-state index in [-0.39, 0.29) is 0 Å². The SMILES string of the molecule is Cc1nc(N)ncc1C1CCNC1. The maximum absolute atomic E-state index is 5.49. The molecule has 2 rings (SSSR count). The van der Waals surface area contributed by atoms with Crippen LogP contribution in [-0.4, -0.2) is 23.1 Å². The summed E-state index contributed by atoms with van der Waals surface area (Å²) >= 11 is 0. The first kappa shape index (κ1) is 8.44. The molecule has 1 saturated heterocycles. The Kier molecular flexibility index (Phi) is 2.14. The molecule has 3 N–H and O–H groups in total. The first-order chi connectivity index (χ1) is 6.27. The second-order valence-corrected chi connectivity index (χ2v) is 3.46. The summed E-state index contributed by atoms with van der Waals surface area (Å²) in [6.45, 7) is 4.12.